The topological polar surface area (TPSA) is 26.3 Å². The fourth-order valence-electron chi connectivity index (χ4n) is 0.862. The number of carbonyl (C=O) groups excluding carboxylic acids is 1. The summed E-state index contributed by atoms with van der Waals surface area (Å²) in [5.41, 5.74) is 1.18. The van der Waals surface area contributed by atoms with Crippen LogP contribution in [0.25, 0.3) is 0 Å². The Labute approximate surface area is 81.0 Å². The van der Waals surface area contributed by atoms with Crippen molar-refractivity contribution in [3.05, 3.63) is 11.6 Å². The van der Waals surface area contributed by atoms with Crippen LogP contribution in [0, 0.1) is 5.92 Å². The number of allylic oxidation sites excluding steroid dienone is 1. The van der Waals surface area contributed by atoms with Gasteiger partial charge >= 0.3 is 5.97 Å². The molecule has 0 saturated carbocycles. The lowest BCUT2D eigenvalue weighted by atomic mass is 10.1. The summed E-state index contributed by atoms with van der Waals surface area (Å²) in [7, 11) is 0. The van der Waals surface area contributed by atoms with Gasteiger partial charge in [-0.25, -0.2) is 0 Å². The highest BCUT2D eigenvalue weighted by atomic mass is 16.5. The fraction of sp³-hybridized carbons (Fsp3) is 0.727. The first-order chi connectivity index (χ1) is 6.15. The van der Waals surface area contributed by atoms with Gasteiger partial charge in [-0.05, 0) is 25.3 Å². The predicted molar refractivity (Wildman–Crippen MR) is 54.5 cm³/mol. The molecule has 0 aromatic rings. The summed E-state index contributed by atoms with van der Waals surface area (Å²) in [4.78, 5) is 11.3. The molecule has 0 radical (unpaired) electrons. The second-order valence-corrected chi connectivity index (χ2v) is 3.22. The minimum atomic E-state index is -0.0877. The Morgan fingerprint density at radius 3 is 2.46 bits per heavy atom. The zero-order valence-corrected chi connectivity index (χ0v) is 9.09. The van der Waals surface area contributed by atoms with Crippen LogP contribution in [0.1, 0.15) is 40.5 Å². The Bertz CT molecular complexity index is 183. The van der Waals surface area contributed by atoms with Gasteiger partial charge in [0.2, 0.25) is 0 Å². The number of rotatable bonds is 5. The lowest BCUT2D eigenvalue weighted by molar-refractivity contribution is -0.147. The third kappa shape index (κ3) is 4.71. The summed E-state index contributed by atoms with van der Waals surface area (Å²) in [6, 6.07) is 0. The summed E-state index contributed by atoms with van der Waals surface area (Å²) >= 11 is 0. The van der Waals surface area contributed by atoms with Crippen molar-refractivity contribution in [1.82, 2.24) is 0 Å². The van der Waals surface area contributed by atoms with Crippen molar-refractivity contribution in [2.45, 2.75) is 40.5 Å². The zero-order chi connectivity index (χ0) is 10.3. The molecule has 0 saturated heterocycles. The number of esters is 1. The van der Waals surface area contributed by atoms with Gasteiger partial charge in [-0.1, -0.05) is 26.8 Å². The van der Waals surface area contributed by atoms with E-state index < -0.39 is 0 Å². The summed E-state index contributed by atoms with van der Waals surface area (Å²) in [6.07, 6.45) is 3.80. The zero-order valence-electron chi connectivity index (χ0n) is 9.09. The molecule has 0 aliphatic carbocycles. The molecule has 0 bridgehead atoms. The number of hydrogen-bond acceptors (Lipinski definition) is 2. The van der Waals surface area contributed by atoms with Crippen LogP contribution >= 0.6 is 0 Å². The first kappa shape index (κ1) is 12.2. The molecule has 0 aromatic carbocycles. The quantitative estimate of drug-likeness (QED) is 0.485. The van der Waals surface area contributed by atoms with Gasteiger partial charge in [-0.2, -0.15) is 0 Å². The predicted octanol–water partition coefficient (Wildman–Crippen LogP) is 2.93. The van der Waals surface area contributed by atoms with Crippen LogP contribution in [0.5, 0.6) is 0 Å². The molecule has 0 aromatic heterocycles. The Kier molecular flexibility index (Phi) is 6.29. The minimum absolute atomic E-state index is 0.0231. The van der Waals surface area contributed by atoms with Crippen LogP contribution in [0.15, 0.2) is 11.6 Å². The Hall–Kier alpha value is -0.790. The van der Waals surface area contributed by atoms with Crippen molar-refractivity contribution >= 4 is 5.97 Å². The minimum Gasteiger partial charge on any atom is -0.461 e. The average molecular weight is 184 g/mol. The summed E-state index contributed by atoms with van der Waals surface area (Å²) in [6.45, 7) is 8.37. The van der Waals surface area contributed by atoms with E-state index in [9.17, 15) is 4.79 Å². The molecule has 0 rings (SSSR count). The molecular formula is C11H20O2. The summed E-state index contributed by atoms with van der Waals surface area (Å²) in [5, 5.41) is 0. The van der Waals surface area contributed by atoms with Crippen molar-refractivity contribution in [1.29, 1.82) is 0 Å². The highest BCUT2D eigenvalue weighted by Gasteiger charge is 2.11. The largest absolute Gasteiger partial charge is 0.461 e. The normalized spacial score (nSPS) is 14.0. The van der Waals surface area contributed by atoms with E-state index in [-0.39, 0.29) is 11.9 Å². The number of hydrogen-bond donors (Lipinski definition) is 0. The van der Waals surface area contributed by atoms with Crippen molar-refractivity contribution in [2.75, 3.05) is 6.61 Å². The molecule has 2 nitrogen and oxygen atoms in total. The highest BCUT2D eigenvalue weighted by Crippen LogP contribution is 2.06. The van der Waals surface area contributed by atoms with Gasteiger partial charge in [0.15, 0.2) is 0 Å². The van der Waals surface area contributed by atoms with E-state index in [4.69, 9.17) is 4.74 Å². The van der Waals surface area contributed by atoms with Crippen LogP contribution in [-0.4, -0.2) is 12.6 Å². The SMILES string of the molecule is CC=C(CC)COC(=O)C(C)CC. The van der Waals surface area contributed by atoms with Gasteiger partial charge in [0.1, 0.15) is 6.61 Å². The van der Waals surface area contributed by atoms with E-state index in [1.807, 2.05) is 26.8 Å². The maximum absolute atomic E-state index is 11.3. The highest BCUT2D eigenvalue weighted by molar-refractivity contribution is 5.72. The van der Waals surface area contributed by atoms with Crippen molar-refractivity contribution in [3.63, 3.8) is 0 Å². The molecule has 0 amide bonds. The van der Waals surface area contributed by atoms with E-state index in [1.165, 1.54) is 5.57 Å². The van der Waals surface area contributed by atoms with Crippen LogP contribution in [0.2, 0.25) is 0 Å². The first-order valence-electron chi connectivity index (χ1n) is 4.96. The third-order valence-electron chi connectivity index (χ3n) is 2.28. The molecule has 0 aliphatic rings. The second kappa shape index (κ2) is 6.70. The summed E-state index contributed by atoms with van der Waals surface area (Å²) < 4.78 is 5.13. The van der Waals surface area contributed by atoms with E-state index in [0.717, 1.165) is 12.8 Å². The maximum atomic E-state index is 11.3. The van der Waals surface area contributed by atoms with Gasteiger partial charge in [0.25, 0.3) is 0 Å². The monoisotopic (exact) mass is 184 g/mol. The fourth-order valence-corrected chi connectivity index (χ4v) is 0.862. The molecule has 0 N–H and O–H groups in total. The van der Waals surface area contributed by atoms with Gasteiger partial charge in [0.05, 0.1) is 5.92 Å². The van der Waals surface area contributed by atoms with E-state index in [2.05, 4.69) is 6.92 Å². The van der Waals surface area contributed by atoms with Crippen molar-refractivity contribution in [2.24, 2.45) is 5.92 Å². The maximum Gasteiger partial charge on any atom is 0.308 e. The van der Waals surface area contributed by atoms with E-state index in [1.54, 1.807) is 0 Å². The van der Waals surface area contributed by atoms with Crippen molar-refractivity contribution in [3.8, 4) is 0 Å². The summed E-state index contributed by atoms with van der Waals surface area (Å²) in [5.74, 6) is -0.0646. The molecule has 0 aliphatic heterocycles. The Morgan fingerprint density at radius 2 is 2.08 bits per heavy atom. The smallest absolute Gasteiger partial charge is 0.308 e. The van der Waals surface area contributed by atoms with Gasteiger partial charge < -0.3 is 4.74 Å². The van der Waals surface area contributed by atoms with Crippen molar-refractivity contribution < 1.29 is 9.53 Å². The molecule has 1 unspecified atom stereocenters. The molecule has 0 heterocycles. The molecule has 0 spiro atoms. The van der Waals surface area contributed by atoms with Crippen LogP contribution in [-0.2, 0) is 9.53 Å². The lowest BCUT2D eigenvalue weighted by Gasteiger charge is -2.10. The Balaban J connectivity index is 3.82. The second-order valence-electron chi connectivity index (χ2n) is 3.22. The first-order valence-corrected chi connectivity index (χ1v) is 4.96. The van der Waals surface area contributed by atoms with Gasteiger partial charge in [0, 0.05) is 0 Å². The third-order valence-corrected chi connectivity index (χ3v) is 2.28. The standard InChI is InChI=1S/C11H20O2/c1-5-9(4)11(12)13-8-10(6-2)7-3/h6,9H,5,7-8H2,1-4H3. The number of ether oxygens (including phenoxy) is 1. The van der Waals surface area contributed by atoms with Crippen LogP contribution in [0.4, 0.5) is 0 Å². The molecule has 0 fully saturated rings. The Morgan fingerprint density at radius 1 is 1.46 bits per heavy atom. The van der Waals surface area contributed by atoms with Gasteiger partial charge in [-0.3, -0.25) is 4.79 Å². The molecule has 2 heteroatoms. The van der Waals surface area contributed by atoms with E-state index >= 15 is 0 Å². The molecule has 1 atom stereocenters. The van der Waals surface area contributed by atoms with Crippen LogP contribution in [0.3, 0.4) is 0 Å². The molecule has 13 heavy (non-hydrogen) atoms. The van der Waals surface area contributed by atoms with Gasteiger partial charge in [-0.15, -0.1) is 0 Å². The van der Waals surface area contributed by atoms with E-state index in [0.29, 0.717) is 6.61 Å². The molecular weight excluding hydrogens is 164 g/mol. The average Bonchev–Trinajstić information content (AvgIpc) is 2.17. The lowest BCUT2D eigenvalue weighted by Crippen LogP contribution is -2.15. The number of carbonyl (C=O) groups is 1. The van der Waals surface area contributed by atoms with Crippen LogP contribution < -0.4 is 0 Å². The molecule has 76 valence electrons.